The number of hydrogen-bond acceptors (Lipinski definition) is 6. The lowest BCUT2D eigenvalue weighted by Gasteiger charge is -2.03. The van der Waals surface area contributed by atoms with Crippen molar-refractivity contribution in [2.75, 3.05) is 0 Å². The molecule has 0 aliphatic heterocycles. The van der Waals surface area contributed by atoms with Crippen molar-refractivity contribution < 1.29 is 0 Å². The monoisotopic (exact) mass is 395 g/mol. The number of aliphatic imine (C=N–C) groups is 1. The number of aromatic nitrogens is 1. The molecule has 0 amide bonds. The lowest BCUT2D eigenvalue weighted by atomic mass is 10.2. The third-order valence-corrected chi connectivity index (χ3v) is 4.55. The molecule has 0 unspecified atom stereocenters. The first kappa shape index (κ1) is 18.3. The molecule has 1 aromatic heterocycles. The zero-order valence-electron chi connectivity index (χ0n) is 11.9. The summed E-state index contributed by atoms with van der Waals surface area (Å²) in [5, 5.41) is 22.1. The van der Waals surface area contributed by atoms with Gasteiger partial charge in [0.05, 0.1) is 11.4 Å². The van der Waals surface area contributed by atoms with Crippen LogP contribution in [-0.4, -0.2) is 11.2 Å². The Morgan fingerprint density at radius 1 is 1.21 bits per heavy atom. The van der Waals surface area contributed by atoms with Crippen LogP contribution < -0.4 is 5.32 Å². The maximum Gasteiger partial charge on any atom is 0.185 e. The van der Waals surface area contributed by atoms with Crippen LogP contribution in [0.3, 0.4) is 0 Å². The van der Waals surface area contributed by atoms with E-state index in [1.807, 2.05) is 12.1 Å². The van der Waals surface area contributed by atoms with E-state index in [4.69, 9.17) is 34.8 Å². The Morgan fingerprint density at radius 2 is 1.92 bits per heavy atom. The van der Waals surface area contributed by atoms with E-state index in [0.717, 1.165) is 5.56 Å². The molecule has 5 nitrogen and oxygen atoms in total. The minimum Gasteiger partial charge on any atom is -0.369 e. The standard InChI is InChI=1S/C15H8Cl3N5S/c16-10-3-1-9(2-4-10)7-21-11(5-19)12(6-20)22-8-13-14(17)23-15(18)24-13/h1-4,7,22H,8H2/b12-11+,21-7?. The SMILES string of the molecule is N#C/C(N=Cc1ccc(Cl)cc1)=C(/C#N)NCc1sc(Cl)nc1Cl. The summed E-state index contributed by atoms with van der Waals surface area (Å²) >= 11 is 18.7. The molecule has 2 rings (SSSR count). The predicted molar refractivity (Wildman–Crippen MR) is 96.3 cm³/mol. The van der Waals surface area contributed by atoms with E-state index >= 15 is 0 Å². The van der Waals surface area contributed by atoms with Crippen molar-refractivity contribution in [3.05, 3.63) is 60.7 Å². The van der Waals surface area contributed by atoms with Gasteiger partial charge < -0.3 is 5.32 Å². The first-order valence-corrected chi connectivity index (χ1v) is 8.37. The number of benzene rings is 1. The van der Waals surface area contributed by atoms with E-state index in [9.17, 15) is 10.5 Å². The molecule has 24 heavy (non-hydrogen) atoms. The van der Waals surface area contributed by atoms with Gasteiger partial charge in [-0.3, -0.25) is 0 Å². The fraction of sp³-hybridized carbons (Fsp3) is 0.0667. The number of halogens is 3. The van der Waals surface area contributed by atoms with Gasteiger partial charge in [0.15, 0.2) is 15.9 Å². The van der Waals surface area contributed by atoms with Crippen molar-refractivity contribution in [3.8, 4) is 12.1 Å². The number of thiazole rings is 1. The average Bonchev–Trinajstić information content (AvgIpc) is 2.89. The fourth-order valence-corrected chi connectivity index (χ4v) is 3.06. The number of nitriles is 2. The number of nitrogens with zero attached hydrogens (tertiary/aromatic N) is 4. The molecule has 0 spiro atoms. The van der Waals surface area contributed by atoms with Crippen molar-refractivity contribution in [3.63, 3.8) is 0 Å². The summed E-state index contributed by atoms with van der Waals surface area (Å²) in [7, 11) is 0. The van der Waals surface area contributed by atoms with E-state index in [1.54, 1.807) is 24.3 Å². The summed E-state index contributed by atoms with van der Waals surface area (Å²) in [6, 6.07) is 10.7. The van der Waals surface area contributed by atoms with Crippen molar-refractivity contribution in [1.82, 2.24) is 10.3 Å². The third kappa shape index (κ3) is 4.95. The Kier molecular flexibility index (Phi) is 6.60. The smallest absolute Gasteiger partial charge is 0.185 e. The van der Waals surface area contributed by atoms with Crippen LogP contribution in [0.4, 0.5) is 0 Å². The molecule has 0 aliphatic rings. The number of hydrogen-bond donors (Lipinski definition) is 1. The van der Waals surface area contributed by atoms with E-state index < -0.39 is 0 Å². The third-order valence-electron chi connectivity index (χ3n) is 2.72. The number of rotatable bonds is 5. The summed E-state index contributed by atoms with van der Waals surface area (Å²) in [6.07, 6.45) is 1.48. The minimum atomic E-state index is -0.0424. The topological polar surface area (TPSA) is 84.9 Å². The normalized spacial score (nSPS) is 11.7. The van der Waals surface area contributed by atoms with E-state index in [1.165, 1.54) is 17.6 Å². The van der Waals surface area contributed by atoms with E-state index in [2.05, 4.69) is 15.3 Å². The Morgan fingerprint density at radius 3 is 2.46 bits per heavy atom. The molecule has 0 fully saturated rings. The Hall–Kier alpha value is -2.09. The zero-order chi connectivity index (χ0) is 17.5. The maximum absolute atomic E-state index is 9.23. The summed E-state index contributed by atoms with van der Waals surface area (Å²) in [4.78, 5) is 8.58. The molecular formula is C15H8Cl3N5S. The number of allylic oxidation sites excluding steroid dienone is 2. The van der Waals surface area contributed by atoms with Gasteiger partial charge in [-0.2, -0.15) is 10.5 Å². The van der Waals surface area contributed by atoms with Crippen LogP contribution in [-0.2, 0) is 6.54 Å². The van der Waals surface area contributed by atoms with Gasteiger partial charge in [0.1, 0.15) is 17.3 Å². The van der Waals surface area contributed by atoms with Gasteiger partial charge in [-0.05, 0) is 17.7 Å². The van der Waals surface area contributed by atoms with Gasteiger partial charge in [-0.25, -0.2) is 9.98 Å². The van der Waals surface area contributed by atoms with Crippen molar-refractivity contribution in [1.29, 1.82) is 10.5 Å². The maximum atomic E-state index is 9.23. The van der Waals surface area contributed by atoms with Crippen LogP contribution in [0.25, 0.3) is 0 Å². The molecule has 2 aromatic rings. The predicted octanol–water partition coefficient (Wildman–Crippen LogP) is 4.57. The van der Waals surface area contributed by atoms with Crippen LogP contribution in [0.1, 0.15) is 10.4 Å². The van der Waals surface area contributed by atoms with Crippen LogP contribution >= 0.6 is 46.1 Å². The summed E-state index contributed by atoms with van der Waals surface area (Å²) in [5.41, 5.74) is 0.740. The first-order chi connectivity index (χ1) is 11.5. The lowest BCUT2D eigenvalue weighted by Crippen LogP contribution is -2.12. The Balaban J connectivity index is 2.17. The van der Waals surface area contributed by atoms with Gasteiger partial charge >= 0.3 is 0 Å². The van der Waals surface area contributed by atoms with Crippen molar-refractivity contribution >= 4 is 52.4 Å². The largest absolute Gasteiger partial charge is 0.369 e. The van der Waals surface area contributed by atoms with Crippen LogP contribution in [0.2, 0.25) is 14.6 Å². The summed E-state index contributed by atoms with van der Waals surface area (Å²) < 4.78 is 0.306. The minimum absolute atomic E-state index is 0.0308. The quantitative estimate of drug-likeness (QED) is 0.592. The van der Waals surface area contributed by atoms with Gasteiger partial charge in [0.2, 0.25) is 0 Å². The van der Waals surface area contributed by atoms with Gasteiger partial charge in [-0.15, -0.1) is 11.3 Å². The molecule has 0 atom stereocenters. The molecule has 0 radical (unpaired) electrons. The Bertz CT molecular complexity index is 872. The fourth-order valence-electron chi connectivity index (χ4n) is 1.60. The molecular weight excluding hydrogens is 389 g/mol. The Labute approximate surface area is 157 Å². The first-order valence-electron chi connectivity index (χ1n) is 6.42. The highest BCUT2D eigenvalue weighted by Gasteiger charge is 2.10. The molecule has 120 valence electrons. The van der Waals surface area contributed by atoms with Crippen LogP contribution in [0, 0.1) is 22.7 Å². The molecule has 0 saturated heterocycles. The second-order valence-corrected chi connectivity index (χ2v) is 6.75. The van der Waals surface area contributed by atoms with Crippen LogP contribution in [0.5, 0.6) is 0 Å². The molecule has 0 saturated carbocycles. The highest BCUT2D eigenvalue weighted by Crippen LogP contribution is 2.26. The highest BCUT2D eigenvalue weighted by atomic mass is 35.5. The van der Waals surface area contributed by atoms with E-state index in [-0.39, 0.29) is 23.1 Å². The molecule has 1 heterocycles. The van der Waals surface area contributed by atoms with E-state index in [0.29, 0.717) is 14.4 Å². The molecule has 1 N–H and O–H groups in total. The summed E-state index contributed by atoms with van der Waals surface area (Å²) in [6.45, 7) is 0.216. The van der Waals surface area contributed by atoms with Gasteiger partial charge in [0.25, 0.3) is 0 Å². The highest BCUT2D eigenvalue weighted by molar-refractivity contribution is 7.16. The van der Waals surface area contributed by atoms with Crippen LogP contribution in [0.15, 0.2) is 40.7 Å². The number of nitrogens with one attached hydrogen (secondary N) is 1. The van der Waals surface area contributed by atoms with Crippen molar-refractivity contribution in [2.24, 2.45) is 4.99 Å². The second kappa shape index (κ2) is 8.68. The molecule has 9 heteroatoms. The summed E-state index contributed by atoms with van der Waals surface area (Å²) in [5.74, 6) is 0. The molecule has 1 aromatic carbocycles. The molecule has 0 aliphatic carbocycles. The second-order valence-electron chi connectivity index (χ2n) is 4.29. The zero-order valence-corrected chi connectivity index (χ0v) is 15.0. The lowest BCUT2D eigenvalue weighted by molar-refractivity contribution is 0.839. The average molecular weight is 397 g/mol. The molecule has 0 bridgehead atoms. The van der Waals surface area contributed by atoms with Crippen molar-refractivity contribution in [2.45, 2.75) is 6.54 Å². The van der Waals surface area contributed by atoms with Gasteiger partial charge in [0, 0.05) is 11.2 Å². The van der Waals surface area contributed by atoms with Gasteiger partial charge in [-0.1, -0.05) is 46.9 Å².